The zero-order valence-electron chi connectivity index (χ0n) is 14.4. The molecule has 1 fully saturated rings. The largest absolute Gasteiger partial charge is 0.352 e. The number of nitrogens with zero attached hydrogens (tertiary/aromatic N) is 2. The Morgan fingerprint density at radius 2 is 2.23 bits per heavy atom. The third-order valence-corrected chi connectivity index (χ3v) is 4.33. The summed E-state index contributed by atoms with van der Waals surface area (Å²) < 4.78 is 2.08. The van der Waals surface area contributed by atoms with Crippen LogP contribution in [0.15, 0.2) is 0 Å². The molecule has 22 heavy (non-hydrogen) atoms. The highest BCUT2D eigenvalue weighted by molar-refractivity contribution is 5.76. The molecule has 0 aliphatic carbocycles. The predicted molar refractivity (Wildman–Crippen MR) is 88.9 cm³/mol. The fraction of sp³-hybridized carbons (Fsp3) is 0.765. The summed E-state index contributed by atoms with van der Waals surface area (Å²) in [6, 6.07) is 0.298. The highest BCUT2D eigenvalue weighted by Gasteiger charge is 2.17. The van der Waals surface area contributed by atoms with Crippen LogP contribution in [0.1, 0.15) is 50.1 Å². The van der Waals surface area contributed by atoms with Crippen LogP contribution in [-0.4, -0.2) is 34.8 Å². The monoisotopic (exact) mass is 306 g/mol. The van der Waals surface area contributed by atoms with Gasteiger partial charge in [0.2, 0.25) is 5.91 Å². The highest BCUT2D eigenvalue weighted by atomic mass is 16.1. The number of carbonyl (C=O) groups excluding carboxylic acids is 1. The molecule has 1 aromatic rings. The van der Waals surface area contributed by atoms with Gasteiger partial charge < -0.3 is 10.6 Å². The van der Waals surface area contributed by atoms with E-state index in [-0.39, 0.29) is 5.91 Å². The van der Waals surface area contributed by atoms with E-state index in [9.17, 15) is 4.79 Å². The molecule has 124 valence electrons. The highest BCUT2D eigenvalue weighted by Crippen LogP contribution is 2.16. The average molecular weight is 306 g/mol. The summed E-state index contributed by atoms with van der Waals surface area (Å²) in [5.41, 5.74) is 3.50. The SMILES string of the molecule is Cc1nn(CC(C)C)c(C)c1CCC(=O)N[C@H]1CCCNC1. The summed E-state index contributed by atoms with van der Waals surface area (Å²) in [5, 5.41) is 11.1. The van der Waals surface area contributed by atoms with Gasteiger partial charge in [0, 0.05) is 31.2 Å². The molecule has 2 rings (SSSR count). The van der Waals surface area contributed by atoms with E-state index in [0.29, 0.717) is 18.4 Å². The van der Waals surface area contributed by atoms with Crippen molar-refractivity contribution in [3.8, 4) is 0 Å². The van der Waals surface area contributed by atoms with Gasteiger partial charge in [-0.25, -0.2) is 0 Å². The van der Waals surface area contributed by atoms with Crippen LogP contribution in [0.3, 0.4) is 0 Å². The minimum atomic E-state index is 0.157. The fourth-order valence-electron chi connectivity index (χ4n) is 3.13. The summed E-state index contributed by atoms with van der Waals surface area (Å²) in [5.74, 6) is 0.733. The zero-order valence-corrected chi connectivity index (χ0v) is 14.4. The van der Waals surface area contributed by atoms with Gasteiger partial charge in [-0.2, -0.15) is 5.10 Å². The Morgan fingerprint density at radius 1 is 1.45 bits per heavy atom. The molecule has 0 unspecified atom stereocenters. The predicted octanol–water partition coefficient (Wildman–Crippen LogP) is 1.96. The summed E-state index contributed by atoms with van der Waals surface area (Å²) >= 11 is 0. The number of hydrogen-bond acceptors (Lipinski definition) is 3. The molecular formula is C17H30N4O. The lowest BCUT2D eigenvalue weighted by molar-refractivity contribution is -0.121. The molecule has 1 aromatic heterocycles. The number of rotatable bonds is 6. The van der Waals surface area contributed by atoms with E-state index in [1.54, 1.807) is 0 Å². The molecule has 0 bridgehead atoms. The first-order valence-corrected chi connectivity index (χ1v) is 8.50. The molecule has 1 saturated heterocycles. The summed E-state index contributed by atoms with van der Waals surface area (Å²) in [4.78, 5) is 12.1. The summed E-state index contributed by atoms with van der Waals surface area (Å²) in [6.07, 6.45) is 3.56. The van der Waals surface area contributed by atoms with E-state index in [0.717, 1.165) is 44.6 Å². The molecule has 2 N–H and O–H groups in total. The first kappa shape index (κ1) is 17.0. The van der Waals surface area contributed by atoms with Crippen molar-refractivity contribution in [3.63, 3.8) is 0 Å². The maximum absolute atomic E-state index is 12.1. The molecule has 1 amide bonds. The smallest absolute Gasteiger partial charge is 0.220 e. The van der Waals surface area contributed by atoms with E-state index in [4.69, 9.17) is 0 Å². The minimum Gasteiger partial charge on any atom is -0.352 e. The minimum absolute atomic E-state index is 0.157. The van der Waals surface area contributed by atoms with Crippen LogP contribution < -0.4 is 10.6 Å². The number of piperidine rings is 1. The van der Waals surface area contributed by atoms with Gasteiger partial charge >= 0.3 is 0 Å². The van der Waals surface area contributed by atoms with Gasteiger partial charge in [-0.15, -0.1) is 0 Å². The normalized spacial score (nSPS) is 18.7. The Bertz CT molecular complexity index is 501. The second kappa shape index (κ2) is 7.77. The Hall–Kier alpha value is -1.36. The zero-order chi connectivity index (χ0) is 16.1. The molecule has 0 saturated carbocycles. The topological polar surface area (TPSA) is 59.0 Å². The van der Waals surface area contributed by atoms with Crippen LogP contribution in [0.4, 0.5) is 0 Å². The average Bonchev–Trinajstić information content (AvgIpc) is 2.72. The lowest BCUT2D eigenvalue weighted by Gasteiger charge is -2.23. The molecule has 1 aliphatic rings. The second-order valence-corrected chi connectivity index (χ2v) is 6.84. The van der Waals surface area contributed by atoms with Crippen molar-refractivity contribution in [3.05, 3.63) is 17.0 Å². The van der Waals surface area contributed by atoms with Crippen molar-refractivity contribution >= 4 is 5.91 Å². The van der Waals surface area contributed by atoms with E-state index in [1.165, 1.54) is 11.3 Å². The number of hydrogen-bond donors (Lipinski definition) is 2. The first-order valence-electron chi connectivity index (χ1n) is 8.50. The van der Waals surface area contributed by atoms with Crippen LogP contribution in [0.5, 0.6) is 0 Å². The summed E-state index contributed by atoms with van der Waals surface area (Å²) in [6.45, 7) is 11.5. The van der Waals surface area contributed by atoms with Crippen molar-refractivity contribution in [2.45, 2.75) is 66.0 Å². The van der Waals surface area contributed by atoms with Crippen molar-refractivity contribution < 1.29 is 4.79 Å². The number of amides is 1. The van der Waals surface area contributed by atoms with Crippen molar-refractivity contribution in [1.29, 1.82) is 0 Å². The maximum Gasteiger partial charge on any atom is 0.220 e. The Morgan fingerprint density at radius 3 is 2.86 bits per heavy atom. The molecule has 1 aliphatic heterocycles. The quantitative estimate of drug-likeness (QED) is 0.844. The molecule has 0 spiro atoms. The number of aryl methyl sites for hydroxylation is 1. The third-order valence-electron chi connectivity index (χ3n) is 4.33. The van der Waals surface area contributed by atoms with E-state index in [1.807, 2.05) is 6.92 Å². The number of carbonyl (C=O) groups is 1. The maximum atomic E-state index is 12.1. The van der Waals surface area contributed by atoms with Gasteiger partial charge in [0.1, 0.15) is 0 Å². The molecule has 5 nitrogen and oxygen atoms in total. The second-order valence-electron chi connectivity index (χ2n) is 6.84. The molecule has 5 heteroatoms. The van der Waals surface area contributed by atoms with Crippen molar-refractivity contribution in [2.24, 2.45) is 5.92 Å². The first-order chi connectivity index (χ1) is 10.5. The van der Waals surface area contributed by atoms with Gasteiger partial charge in [-0.1, -0.05) is 13.8 Å². The molecule has 2 heterocycles. The Labute approximate surface area is 133 Å². The molecule has 0 radical (unpaired) electrons. The van der Waals surface area contributed by atoms with Gasteiger partial charge in [0.05, 0.1) is 5.69 Å². The number of aromatic nitrogens is 2. The van der Waals surface area contributed by atoms with Gasteiger partial charge in [0.25, 0.3) is 0 Å². The van der Waals surface area contributed by atoms with Gasteiger partial charge in [0.15, 0.2) is 0 Å². The Balaban J connectivity index is 1.87. The number of nitrogens with one attached hydrogen (secondary N) is 2. The van der Waals surface area contributed by atoms with Gasteiger partial charge in [-0.3, -0.25) is 9.48 Å². The van der Waals surface area contributed by atoms with E-state index in [2.05, 4.69) is 41.2 Å². The van der Waals surface area contributed by atoms with Crippen LogP contribution >= 0.6 is 0 Å². The lowest BCUT2D eigenvalue weighted by atomic mass is 10.1. The fourth-order valence-corrected chi connectivity index (χ4v) is 3.13. The van der Waals surface area contributed by atoms with Gasteiger partial charge in [-0.05, 0) is 51.1 Å². The molecule has 0 aromatic carbocycles. The molecular weight excluding hydrogens is 276 g/mol. The molecule has 1 atom stereocenters. The Kier molecular flexibility index (Phi) is 6.00. The summed E-state index contributed by atoms with van der Waals surface area (Å²) in [7, 11) is 0. The van der Waals surface area contributed by atoms with Crippen molar-refractivity contribution in [1.82, 2.24) is 20.4 Å². The lowest BCUT2D eigenvalue weighted by Crippen LogP contribution is -2.45. The van der Waals surface area contributed by atoms with E-state index >= 15 is 0 Å². The van der Waals surface area contributed by atoms with Crippen LogP contribution in [-0.2, 0) is 17.8 Å². The van der Waals surface area contributed by atoms with Crippen molar-refractivity contribution in [2.75, 3.05) is 13.1 Å². The van der Waals surface area contributed by atoms with Crippen LogP contribution in [0.2, 0.25) is 0 Å². The third kappa shape index (κ3) is 4.57. The van der Waals surface area contributed by atoms with E-state index < -0.39 is 0 Å². The van der Waals surface area contributed by atoms with Crippen LogP contribution in [0.25, 0.3) is 0 Å². The standard InChI is InChI=1S/C17H30N4O/c1-12(2)11-21-14(4)16(13(3)20-21)7-8-17(22)19-15-6-5-9-18-10-15/h12,15,18H,5-11H2,1-4H3,(H,19,22)/t15-/m0/s1. The van der Waals surface area contributed by atoms with Crippen LogP contribution in [0, 0.1) is 19.8 Å².